The van der Waals surface area contributed by atoms with Crippen molar-refractivity contribution < 1.29 is 14.3 Å². The summed E-state index contributed by atoms with van der Waals surface area (Å²) in [4.78, 5) is 14.0. The highest BCUT2D eigenvalue weighted by atomic mass is 32.2. The van der Waals surface area contributed by atoms with E-state index < -0.39 is 11.8 Å². The van der Waals surface area contributed by atoms with Crippen molar-refractivity contribution in [3.05, 3.63) is 65.5 Å². The third kappa shape index (κ3) is 2.92. The minimum atomic E-state index is -1.12. The number of halogens is 1. The van der Waals surface area contributed by atoms with Crippen LogP contribution in [0.4, 0.5) is 4.39 Å². The van der Waals surface area contributed by atoms with Gasteiger partial charge in [0, 0.05) is 16.7 Å². The Morgan fingerprint density at radius 1 is 1.19 bits per heavy atom. The largest absolute Gasteiger partial charge is 0.478 e. The number of carboxylic acid groups (broad SMARTS) is 1. The Hall–Kier alpha value is -2.27. The number of rotatable bonds is 4. The van der Waals surface area contributed by atoms with Gasteiger partial charge in [0.2, 0.25) is 0 Å². The van der Waals surface area contributed by atoms with Crippen molar-refractivity contribution in [3.63, 3.8) is 0 Å². The van der Waals surface area contributed by atoms with Crippen LogP contribution in [-0.4, -0.2) is 16.1 Å². The Morgan fingerprint density at radius 3 is 2.71 bits per heavy atom. The van der Waals surface area contributed by atoms with Crippen LogP contribution in [0, 0.1) is 5.82 Å². The van der Waals surface area contributed by atoms with E-state index >= 15 is 0 Å². The quantitative estimate of drug-likeness (QED) is 0.706. The fraction of sp³-hybridized carbons (Fsp3) is 0.0625. The summed E-state index contributed by atoms with van der Waals surface area (Å²) in [6.45, 7) is 0. The van der Waals surface area contributed by atoms with Gasteiger partial charge >= 0.3 is 5.97 Å². The lowest BCUT2D eigenvalue weighted by atomic mass is 10.1. The molecule has 2 N–H and O–H groups in total. The lowest BCUT2D eigenvalue weighted by Gasteiger charge is -2.03. The van der Waals surface area contributed by atoms with Gasteiger partial charge in [-0.05, 0) is 29.8 Å². The molecule has 5 heteroatoms. The lowest BCUT2D eigenvalue weighted by molar-refractivity contribution is 0.0696. The van der Waals surface area contributed by atoms with Crippen LogP contribution < -0.4 is 0 Å². The molecule has 0 aliphatic carbocycles. The number of H-pyrrole nitrogens is 1. The average Bonchev–Trinajstić information content (AvgIpc) is 2.88. The highest BCUT2D eigenvalue weighted by Gasteiger charge is 2.09. The van der Waals surface area contributed by atoms with Gasteiger partial charge in [0.15, 0.2) is 0 Å². The van der Waals surface area contributed by atoms with Gasteiger partial charge in [-0.1, -0.05) is 24.3 Å². The predicted octanol–water partition coefficient (Wildman–Crippen LogP) is 4.30. The molecule has 0 aliphatic rings. The highest BCUT2D eigenvalue weighted by Crippen LogP contribution is 2.27. The van der Waals surface area contributed by atoms with Crippen LogP contribution >= 0.6 is 11.8 Å². The zero-order chi connectivity index (χ0) is 14.8. The van der Waals surface area contributed by atoms with Gasteiger partial charge in [0.05, 0.1) is 10.6 Å². The number of carboxylic acids is 1. The van der Waals surface area contributed by atoms with Gasteiger partial charge in [-0.3, -0.25) is 0 Å². The Labute approximate surface area is 124 Å². The smallest absolute Gasteiger partial charge is 0.335 e. The van der Waals surface area contributed by atoms with Crippen LogP contribution in [-0.2, 0) is 5.75 Å². The summed E-state index contributed by atoms with van der Waals surface area (Å²) in [6, 6.07) is 13.9. The molecule has 0 unspecified atom stereocenters. The van der Waals surface area contributed by atoms with Gasteiger partial charge in [-0.2, -0.15) is 0 Å². The monoisotopic (exact) mass is 301 g/mol. The Kier molecular flexibility index (Phi) is 3.66. The molecule has 106 valence electrons. The molecule has 3 nitrogen and oxygen atoms in total. The lowest BCUT2D eigenvalue weighted by Crippen LogP contribution is -1.98. The minimum absolute atomic E-state index is 0.0353. The van der Waals surface area contributed by atoms with Crippen LogP contribution in [0.5, 0.6) is 0 Å². The van der Waals surface area contributed by atoms with Crippen molar-refractivity contribution in [2.24, 2.45) is 0 Å². The van der Waals surface area contributed by atoms with E-state index in [1.807, 2.05) is 30.3 Å². The van der Waals surface area contributed by atoms with Crippen molar-refractivity contribution >= 4 is 28.6 Å². The first kappa shape index (κ1) is 13.7. The van der Waals surface area contributed by atoms with Crippen LogP contribution in [0.15, 0.2) is 53.6 Å². The SMILES string of the molecule is O=C(O)c1ccc(CSc2cc3ccccc3[nH]2)c(F)c1. The fourth-order valence-electron chi connectivity index (χ4n) is 2.08. The van der Waals surface area contributed by atoms with E-state index in [0.717, 1.165) is 22.0 Å². The van der Waals surface area contributed by atoms with E-state index in [1.165, 1.54) is 23.9 Å². The summed E-state index contributed by atoms with van der Waals surface area (Å²) in [6.07, 6.45) is 0. The Bertz CT molecular complexity index is 780. The van der Waals surface area contributed by atoms with Gasteiger partial charge < -0.3 is 10.1 Å². The maximum atomic E-state index is 13.8. The molecule has 3 rings (SSSR count). The first-order chi connectivity index (χ1) is 10.1. The minimum Gasteiger partial charge on any atom is -0.478 e. The second-order valence-corrected chi connectivity index (χ2v) is 5.64. The molecule has 1 heterocycles. The van der Waals surface area contributed by atoms with Crippen LogP contribution in [0.25, 0.3) is 10.9 Å². The molecule has 0 saturated carbocycles. The zero-order valence-electron chi connectivity index (χ0n) is 11.0. The molecular formula is C16H12FNO2S. The van der Waals surface area contributed by atoms with Gasteiger partial charge in [-0.25, -0.2) is 9.18 Å². The summed E-state index contributed by atoms with van der Waals surface area (Å²) in [5.74, 6) is -1.17. The van der Waals surface area contributed by atoms with Crippen molar-refractivity contribution in [3.8, 4) is 0 Å². The molecule has 3 aromatic rings. The number of aromatic amines is 1. The summed E-state index contributed by atoms with van der Waals surface area (Å²) in [5.41, 5.74) is 1.50. The number of thioether (sulfide) groups is 1. The molecule has 21 heavy (non-hydrogen) atoms. The van der Waals surface area contributed by atoms with E-state index in [4.69, 9.17) is 5.11 Å². The normalized spacial score (nSPS) is 10.9. The predicted molar refractivity (Wildman–Crippen MR) is 81.2 cm³/mol. The summed E-state index contributed by atoms with van der Waals surface area (Å²) in [5, 5.41) is 10.9. The summed E-state index contributed by atoms with van der Waals surface area (Å²) in [7, 11) is 0. The average molecular weight is 301 g/mol. The summed E-state index contributed by atoms with van der Waals surface area (Å²) >= 11 is 1.48. The number of aromatic nitrogens is 1. The van der Waals surface area contributed by atoms with Crippen molar-refractivity contribution in [1.29, 1.82) is 0 Å². The van der Waals surface area contributed by atoms with E-state index in [-0.39, 0.29) is 5.56 Å². The molecule has 1 aromatic heterocycles. The van der Waals surface area contributed by atoms with E-state index in [2.05, 4.69) is 4.98 Å². The molecule has 0 spiro atoms. The second kappa shape index (κ2) is 5.61. The molecule has 0 saturated heterocycles. The van der Waals surface area contributed by atoms with E-state index in [9.17, 15) is 9.18 Å². The first-order valence-corrected chi connectivity index (χ1v) is 7.34. The number of benzene rings is 2. The topological polar surface area (TPSA) is 53.1 Å². The maximum absolute atomic E-state index is 13.8. The summed E-state index contributed by atoms with van der Waals surface area (Å²) < 4.78 is 13.8. The van der Waals surface area contributed by atoms with Crippen LogP contribution in [0.1, 0.15) is 15.9 Å². The number of hydrogen-bond donors (Lipinski definition) is 2. The van der Waals surface area contributed by atoms with Gasteiger partial charge in [0.25, 0.3) is 0 Å². The number of nitrogens with one attached hydrogen (secondary N) is 1. The number of aromatic carboxylic acids is 1. The Morgan fingerprint density at radius 2 is 2.00 bits per heavy atom. The molecule has 2 aromatic carbocycles. The zero-order valence-corrected chi connectivity index (χ0v) is 11.8. The van der Waals surface area contributed by atoms with Crippen molar-refractivity contribution in [2.75, 3.05) is 0 Å². The second-order valence-electron chi connectivity index (χ2n) is 4.62. The maximum Gasteiger partial charge on any atom is 0.335 e. The molecule has 0 atom stereocenters. The fourth-order valence-corrected chi connectivity index (χ4v) is 3.01. The van der Waals surface area contributed by atoms with Crippen LogP contribution in [0.3, 0.4) is 0 Å². The molecule has 0 radical (unpaired) electrons. The molecular weight excluding hydrogens is 289 g/mol. The number of fused-ring (bicyclic) bond motifs is 1. The number of para-hydroxylation sites is 1. The van der Waals surface area contributed by atoms with Crippen LogP contribution in [0.2, 0.25) is 0 Å². The highest BCUT2D eigenvalue weighted by molar-refractivity contribution is 7.98. The van der Waals surface area contributed by atoms with Crippen molar-refractivity contribution in [1.82, 2.24) is 4.98 Å². The van der Waals surface area contributed by atoms with Crippen molar-refractivity contribution in [2.45, 2.75) is 10.8 Å². The standard InChI is InChI=1S/C16H12FNO2S/c17-13-7-11(16(19)20)5-6-12(13)9-21-15-8-10-3-1-2-4-14(10)18-15/h1-8,18H,9H2,(H,19,20). The third-order valence-electron chi connectivity index (χ3n) is 3.19. The van der Waals surface area contributed by atoms with Gasteiger partial charge in [-0.15, -0.1) is 11.8 Å². The Balaban J connectivity index is 1.76. The van der Waals surface area contributed by atoms with E-state index in [0.29, 0.717) is 11.3 Å². The van der Waals surface area contributed by atoms with Gasteiger partial charge in [0.1, 0.15) is 5.82 Å². The number of carbonyl (C=O) groups is 1. The first-order valence-electron chi connectivity index (χ1n) is 6.36. The third-order valence-corrected chi connectivity index (χ3v) is 4.17. The molecule has 0 aliphatic heterocycles. The molecule has 0 fully saturated rings. The molecule has 0 bridgehead atoms. The van der Waals surface area contributed by atoms with E-state index in [1.54, 1.807) is 0 Å². The molecule has 0 amide bonds. The number of hydrogen-bond acceptors (Lipinski definition) is 2.